The lowest BCUT2D eigenvalue weighted by Gasteiger charge is -2.07. The number of thioether (sulfide) groups is 1. The van der Waals surface area contributed by atoms with Gasteiger partial charge in [-0.15, -0.1) is 11.6 Å². The van der Waals surface area contributed by atoms with Crippen molar-refractivity contribution in [2.75, 3.05) is 18.1 Å². The van der Waals surface area contributed by atoms with Crippen LogP contribution in [0.3, 0.4) is 0 Å². The number of nitrogens with zero attached hydrogens (tertiary/aromatic N) is 1. The SMILES string of the molecule is CCSCCOc1ccc(CCl)cc1[N+](=O)[O-]. The summed E-state index contributed by atoms with van der Waals surface area (Å²) in [6, 6.07) is 4.80. The molecule has 17 heavy (non-hydrogen) atoms. The Morgan fingerprint density at radius 3 is 2.88 bits per heavy atom. The van der Waals surface area contributed by atoms with Crippen molar-refractivity contribution in [3.05, 3.63) is 33.9 Å². The number of hydrogen-bond donors (Lipinski definition) is 0. The number of nitro benzene ring substituents is 1. The summed E-state index contributed by atoms with van der Waals surface area (Å²) >= 11 is 7.37. The van der Waals surface area contributed by atoms with Crippen LogP contribution in [-0.2, 0) is 5.88 Å². The Balaban J connectivity index is 2.73. The summed E-state index contributed by atoms with van der Waals surface area (Å²) in [7, 11) is 0. The van der Waals surface area contributed by atoms with Gasteiger partial charge in [-0.2, -0.15) is 11.8 Å². The molecule has 0 saturated carbocycles. The Labute approximate surface area is 109 Å². The van der Waals surface area contributed by atoms with Gasteiger partial charge in [-0.1, -0.05) is 13.0 Å². The van der Waals surface area contributed by atoms with Crippen molar-refractivity contribution in [1.82, 2.24) is 0 Å². The molecule has 4 nitrogen and oxygen atoms in total. The number of benzene rings is 1. The molecule has 1 aromatic carbocycles. The van der Waals surface area contributed by atoms with Crippen molar-refractivity contribution in [2.45, 2.75) is 12.8 Å². The molecule has 0 fully saturated rings. The van der Waals surface area contributed by atoms with Gasteiger partial charge in [0.05, 0.1) is 11.5 Å². The van der Waals surface area contributed by atoms with E-state index in [-0.39, 0.29) is 11.6 Å². The second-order valence-corrected chi connectivity index (χ2v) is 4.90. The number of alkyl halides is 1. The van der Waals surface area contributed by atoms with Gasteiger partial charge in [-0.3, -0.25) is 10.1 Å². The number of halogens is 1. The molecule has 0 N–H and O–H groups in total. The fraction of sp³-hybridized carbons (Fsp3) is 0.455. The van der Waals surface area contributed by atoms with Crippen molar-refractivity contribution >= 4 is 29.1 Å². The predicted octanol–water partition coefficient (Wildman–Crippen LogP) is 3.47. The van der Waals surface area contributed by atoms with E-state index in [4.69, 9.17) is 16.3 Å². The minimum Gasteiger partial charge on any atom is -0.486 e. The zero-order chi connectivity index (χ0) is 12.7. The second-order valence-electron chi connectivity index (χ2n) is 3.24. The van der Waals surface area contributed by atoms with Gasteiger partial charge in [-0.25, -0.2) is 0 Å². The smallest absolute Gasteiger partial charge is 0.311 e. The molecule has 1 aromatic rings. The highest BCUT2D eigenvalue weighted by Crippen LogP contribution is 2.28. The maximum Gasteiger partial charge on any atom is 0.311 e. The number of hydrogen-bond acceptors (Lipinski definition) is 4. The molecule has 0 radical (unpaired) electrons. The van der Waals surface area contributed by atoms with Gasteiger partial charge in [0.2, 0.25) is 0 Å². The van der Waals surface area contributed by atoms with Gasteiger partial charge in [0.15, 0.2) is 5.75 Å². The largest absolute Gasteiger partial charge is 0.486 e. The van der Waals surface area contributed by atoms with Gasteiger partial charge < -0.3 is 4.74 Å². The highest BCUT2D eigenvalue weighted by atomic mass is 35.5. The lowest BCUT2D eigenvalue weighted by molar-refractivity contribution is -0.385. The van der Waals surface area contributed by atoms with Crippen molar-refractivity contribution in [2.24, 2.45) is 0 Å². The Hall–Kier alpha value is -0.940. The van der Waals surface area contributed by atoms with Crippen molar-refractivity contribution in [1.29, 1.82) is 0 Å². The molecule has 0 aromatic heterocycles. The summed E-state index contributed by atoms with van der Waals surface area (Å²) < 4.78 is 5.39. The molecule has 0 saturated heterocycles. The van der Waals surface area contributed by atoms with Gasteiger partial charge in [0.25, 0.3) is 0 Å². The maximum atomic E-state index is 10.9. The lowest BCUT2D eigenvalue weighted by Crippen LogP contribution is -2.03. The third-order valence-electron chi connectivity index (χ3n) is 2.06. The maximum absolute atomic E-state index is 10.9. The molecule has 0 aliphatic rings. The van der Waals surface area contributed by atoms with E-state index in [9.17, 15) is 10.1 Å². The molecule has 0 atom stereocenters. The molecule has 0 bridgehead atoms. The molecular weight excluding hydrogens is 262 g/mol. The molecule has 0 amide bonds. The molecule has 0 aliphatic carbocycles. The summed E-state index contributed by atoms with van der Waals surface area (Å²) in [4.78, 5) is 10.4. The second kappa shape index (κ2) is 7.40. The normalized spacial score (nSPS) is 10.2. The van der Waals surface area contributed by atoms with E-state index in [1.165, 1.54) is 6.07 Å². The highest BCUT2D eigenvalue weighted by Gasteiger charge is 2.15. The van der Waals surface area contributed by atoms with Crippen molar-refractivity contribution in [3.8, 4) is 5.75 Å². The third-order valence-corrected chi connectivity index (χ3v) is 3.24. The van der Waals surface area contributed by atoms with Crippen LogP contribution in [0.4, 0.5) is 5.69 Å². The number of ether oxygens (including phenoxy) is 1. The Morgan fingerprint density at radius 1 is 1.53 bits per heavy atom. The highest BCUT2D eigenvalue weighted by molar-refractivity contribution is 7.99. The van der Waals surface area contributed by atoms with Crippen LogP contribution in [-0.4, -0.2) is 23.0 Å². The Kier molecular flexibility index (Phi) is 6.15. The average molecular weight is 276 g/mol. The lowest BCUT2D eigenvalue weighted by atomic mass is 10.2. The summed E-state index contributed by atoms with van der Waals surface area (Å²) in [6.45, 7) is 2.53. The first-order chi connectivity index (χ1) is 8.19. The first kappa shape index (κ1) is 14.1. The van der Waals surface area contributed by atoms with Crippen molar-refractivity contribution in [3.63, 3.8) is 0 Å². The van der Waals surface area contributed by atoms with Crippen LogP contribution in [0, 0.1) is 10.1 Å². The van der Waals surface area contributed by atoms with Gasteiger partial charge in [-0.05, 0) is 17.4 Å². The first-order valence-corrected chi connectivity index (χ1v) is 6.91. The standard InChI is InChI=1S/C11H14ClNO3S/c1-2-17-6-5-16-11-4-3-9(8-12)7-10(11)13(14)15/h3-4,7H,2,5-6,8H2,1H3. The molecule has 0 heterocycles. The molecule has 0 aliphatic heterocycles. The van der Waals surface area contributed by atoms with E-state index >= 15 is 0 Å². The predicted molar refractivity (Wildman–Crippen MR) is 71.1 cm³/mol. The van der Waals surface area contributed by atoms with Gasteiger partial charge in [0.1, 0.15) is 0 Å². The van der Waals surface area contributed by atoms with Crippen molar-refractivity contribution < 1.29 is 9.66 Å². The van der Waals surface area contributed by atoms with E-state index in [1.54, 1.807) is 23.9 Å². The third kappa shape index (κ3) is 4.44. The fourth-order valence-corrected chi connectivity index (χ4v) is 1.92. The average Bonchev–Trinajstić information content (AvgIpc) is 2.34. The van der Waals surface area contributed by atoms with Crippen LogP contribution < -0.4 is 4.74 Å². The fourth-order valence-electron chi connectivity index (χ4n) is 1.27. The van der Waals surface area contributed by atoms with E-state index in [1.807, 2.05) is 0 Å². The number of nitro groups is 1. The molecule has 94 valence electrons. The van der Waals surface area contributed by atoms with Crippen LogP contribution in [0.25, 0.3) is 0 Å². The van der Waals surface area contributed by atoms with Gasteiger partial charge in [0, 0.05) is 17.7 Å². The minimum absolute atomic E-state index is 0.0235. The van der Waals surface area contributed by atoms with E-state index in [0.29, 0.717) is 17.9 Å². The van der Waals surface area contributed by atoms with E-state index in [0.717, 1.165) is 11.5 Å². The topological polar surface area (TPSA) is 52.4 Å². The first-order valence-electron chi connectivity index (χ1n) is 5.22. The van der Waals surface area contributed by atoms with Crippen LogP contribution in [0.1, 0.15) is 12.5 Å². The van der Waals surface area contributed by atoms with E-state index < -0.39 is 4.92 Å². The van der Waals surface area contributed by atoms with Gasteiger partial charge >= 0.3 is 5.69 Å². The zero-order valence-corrected chi connectivity index (χ0v) is 11.1. The minimum atomic E-state index is -0.446. The summed E-state index contributed by atoms with van der Waals surface area (Å²) in [6.07, 6.45) is 0. The molecular formula is C11H14ClNO3S. The zero-order valence-electron chi connectivity index (χ0n) is 9.52. The number of rotatable bonds is 7. The molecule has 6 heteroatoms. The van der Waals surface area contributed by atoms with Crippen LogP contribution in [0.5, 0.6) is 5.75 Å². The van der Waals surface area contributed by atoms with Crippen LogP contribution in [0.2, 0.25) is 0 Å². The molecule has 0 unspecified atom stereocenters. The van der Waals surface area contributed by atoms with Crippen LogP contribution in [0.15, 0.2) is 18.2 Å². The summed E-state index contributed by atoms with van der Waals surface area (Å²) in [5, 5.41) is 10.9. The Bertz CT molecular complexity index is 387. The summed E-state index contributed by atoms with van der Waals surface area (Å²) in [5.74, 6) is 2.40. The van der Waals surface area contributed by atoms with Crippen LogP contribution >= 0.6 is 23.4 Å². The molecule has 1 rings (SSSR count). The quantitative estimate of drug-likeness (QED) is 0.331. The monoisotopic (exact) mass is 275 g/mol. The Morgan fingerprint density at radius 2 is 2.29 bits per heavy atom. The van der Waals surface area contributed by atoms with E-state index in [2.05, 4.69) is 6.92 Å². The molecule has 0 spiro atoms. The summed E-state index contributed by atoms with van der Waals surface area (Å²) in [5.41, 5.74) is 0.693.